The van der Waals surface area contributed by atoms with Gasteiger partial charge in [0.05, 0.1) is 5.25 Å². The summed E-state index contributed by atoms with van der Waals surface area (Å²) in [4.78, 5) is 9.78. The number of alkyl halides is 1. The first kappa shape index (κ1) is 11.9. The first-order valence-electron chi connectivity index (χ1n) is 3.76. The van der Waals surface area contributed by atoms with Crippen molar-refractivity contribution in [2.45, 2.75) is 30.9 Å². The number of hydrogen-bond donors (Lipinski definition) is 1. The lowest BCUT2D eigenvalue weighted by atomic mass is 10.2. The summed E-state index contributed by atoms with van der Waals surface area (Å²) < 4.78 is 20.9. The zero-order valence-corrected chi connectivity index (χ0v) is 8.31. The minimum absolute atomic E-state index is 0.142. The molecule has 1 radical (unpaired) electrons. The lowest BCUT2D eigenvalue weighted by molar-refractivity contribution is 0.544. The molecule has 5 heteroatoms. The fraction of sp³-hybridized carbons (Fsp3) is 0.857. The van der Waals surface area contributed by atoms with Crippen molar-refractivity contribution in [2.24, 2.45) is 0 Å². The van der Waals surface area contributed by atoms with Gasteiger partial charge in [-0.25, -0.2) is 8.42 Å². The van der Waals surface area contributed by atoms with Crippen molar-refractivity contribution in [1.29, 1.82) is 0 Å². The molecule has 0 spiro atoms. The Kier molecular flexibility index (Phi) is 7.50. The van der Waals surface area contributed by atoms with E-state index in [1.54, 1.807) is 6.29 Å². The topological polar surface area (TPSA) is 51.2 Å². The lowest BCUT2D eigenvalue weighted by Crippen LogP contribution is -2.11. The van der Waals surface area contributed by atoms with E-state index in [9.17, 15) is 13.2 Å². The second-order valence-corrected chi connectivity index (χ2v) is 4.09. The van der Waals surface area contributed by atoms with Crippen LogP contribution in [0, 0.1) is 0 Å². The van der Waals surface area contributed by atoms with Crippen LogP contribution < -0.4 is 0 Å². The van der Waals surface area contributed by atoms with Gasteiger partial charge in [0, 0.05) is 12.3 Å². The van der Waals surface area contributed by atoms with Crippen molar-refractivity contribution >= 4 is 28.6 Å². The van der Waals surface area contributed by atoms with Gasteiger partial charge in [-0.05, 0) is 12.8 Å². The minimum atomic E-state index is -2.42. The molecule has 0 aliphatic heterocycles. The largest absolute Gasteiger partial charge is 0.291 e. The third-order valence-electron chi connectivity index (χ3n) is 1.54. The maximum atomic E-state index is 10.5. The van der Waals surface area contributed by atoms with Gasteiger partial charge in [0.25, 0.3) is 0 Å². The number of carbonyl (C=O) groups excluding carboxylic acids is 1. The standard InChI is InChI=1S/C7H12ClO3S/c8-6-7(12(10)11)4-2-1-3-5-9/h7,12H,1-4,6H2. The lowest BCUT2D eigenvalue weighted by Gasteiger charge is -2.03. The van der Waals surface area contributed by atoms with Crippen molar-refractivity contribution < 1.29 is 13.2 Å². The average molecular weight is 212 g/mol. The Morgan fingerprint density at radius 1 is 1.33 bits per heavy atom. The van der Waals surface area contributed by atoms with E-state index in [1.807, 2.05) is 0 Å². The molecule has 0 aliphatic rings. The summed E-state index contributed by atoms with van der Waals surface area (Å²) >= 11 is 5.41. The normalized spacial score (nSPS) is 13.2. The van der Waals surface area contributed by atoms with Crippen molar-refractivity contribution in [3.05, 3.63) is 0 Å². The number of unbranched alkanes of at least 4 members (excludes halogenated alkanes) is 2. The zero-order chi connectivity index (χ0) is 9.40. The quantitative estimate of drug-likeness (QED) is 0.386. The minimum Gasteiger partial charge on any atom is -0.291 e. The van der Waals surface area contributed by atoms with Gasteiger partial charge in [-0.3, -0.25) is 4.79 Å². The Labute approximate surface area is 79.1 Å². The second kappa shape index (κ2) is 7.55. The van der Waals surface area contributed by atoms with E-state index in [-0.39, 0.29) is 5.88 Å². The molecule has 0 amide bonds. The maximum Gasteiger partial charge on any atom is 0.198 e. The van der Waals surface area contributed by atoms with E-state index in [1.165, 1.54) is 0 Å². The number of hydrogen-bond acceptors (Lipinski definition) is 3. The van der Waals surface area contributed by atoms with Crippen LogP contribution in [0.4, 0.5) is 0 Å². The van der Waals surface area contributed by atoms with Gasteiger partial charge in [0.1, 0.15) is 10.7 Å². The van der Waals surface area contributed by atoms with Crippen LogP contribution in [-0.4, -0.2) is 25.8 Å². The van der Waals surface area contributed by atoms with Crippen LogP contribution in [0.15, 0.2) is 0 Å². The fourth-order valence-electron chi connectivity index (χ4n) is 0.816. The molecule has 0 bridgehead atoms. The molecule has 0 fully saturated rings. The molecule has 3 nitrogen and oxygen atoms in total. The van der Waals surface area contributed by atoms with Crippen LogP contribution in [0.25, 0.3) is 0 Å². The predicted octanol–water partition coefficient (Wildman–Crippen LogP) is 0.875. The number of thiol groups is 1. The van der Waals surface area contributed by atoms with Crippen molar-refractivity contribution in [3.63, 3.8) is 0 Å². The van der Waals surface area contributed by atoms with Gasteiger partial charge >= 0.3 is 0 Å². The molecule has 0 rings (SSSR count). The molecule has 0 N–H and O–H groups in total. The third kappa shape index (κ3) is 5.55. The Bertz CT molecular complexity index is 183. The molecule has 0 saturated heterocycles. The van der Waals surface area contributed by atoms with Crippen molar-refractivity contribution in [2.75, 3.05) is 5.88 Å². The summed E-state index contributed by atoms with van der Waals surface area (Å²) in [7, 11) is -2.42. The Hall–Kier alpha value is -0.0900. The molecule has 0 heterocycles. The van der Waals surface area contributed by atoms with Crippen LogP contribution in [0.2, 0.25) is 0 Å². The van der Waals surface area contributed by atoms with Gasteiger partial charge in [0.15, 0.2) is 6.29 Å². The molecule has 0 aromatic heterocycles. The van der Waals surface area contributed by atoms with Crippen molar-refractivity contribution in [3.8, 4) is 0 Å². The molecular formula is C7H12ClO3S. The highest BCUT2D eigenvalue weighted by Crippen LogP contribution is 2.06. The van der Waals surface area contributed by atoms with Crippen LogP contribution >= 0.6 is 11.6 Å². The van der Waals surface area contributed by atoms with Crippen LogP contribution in [0.1, 0.15) is 25.7 Å². The van der Waals surface area contributed by atoms with E-state index in [2.05, 4.69) is 0 Å². The molecule has 0 aliphatic carbocycles. The van der Waals surface area contributed by atoms with Crippen molar-refractivity contribution in [1.82, 2.24) is 0 Å². The molecular weight excluding hydrogens is 200 g/mol. The first-order valence-corrected chi connectivity index (χ1v) is 5.55. The van der Waals surface area contributed by atoms with Gasteiger partial charge < -0.3 is 0 Å². The van der Waals surface area contributed by atoms with Crippen LogP contribution in [0.3, 0.4) is 0 Å². The van der Waals surface area contributed by atoms with E-state index in [4.69, 9.17) is 11.6 Å². The summed E-state index contributed by atoms with van der Waals surface area (Å²) in [5.74, 6) is 0.142. The Morgan fingerprint density at radius 3 is 2.42 bits per heavy atom. The predicted molar refractivity (Wildman–Crippen MR) is 49.0 cm³/mol. The number of halogens is 1. The second-order valence-electron chi connectivity index (χ2n) is 2.48. The van der Waals surface area contributed by atoms with Crippen LogP contribution in [0.5, 0.6) is 0 Å². The number of rotatable bonds is 7. The molecule has 71 valence electrons. The molecule has 1 atom stereocenters. The van der Waals surface area contributed by atoms with Gasteiger partial charge in [0.2, 0.25) is 0 Å². The van der Waals surface area contributed by atoms with E-state index < -0.39 is 16.0 Å². The summed E-state index contributed by atoms with van der Waals surface area (Å²) in [5.41, 5.74) is 0. The smallest absolute Gasteiger partial charge is 0.198 e. The molecule has 1 unspecified atom stereocenters. The van der Waals surface area contributed by atoms with Crippen LogP contribution in [-0.2, 0) is 15.5 Å². The molecule has 0 aromatic rings. The zero-order valence-electron chi connectivity index (χ0n) is 6.66. The highest BCUT2D eigenvalue weighted by Gasteiger charge is 2.08. The Balaban J connectivity index is 3.51. The summed E-state index contributed by atoms with van der Waals surface area (Å²) in [6, 6.07) is 0. The monoisotopic (exact) mass is 211 g/mol. The highest BCUT2D eigenvalue weighted by atomic mass is 35.5. The van der Waals surface area contributed by atoms with E-state index in [0.717, 1.165) is 6.42 Å². The Morgan fingerprint density at radius 2 is 2.00 bits per heavy atom. The SMILES string of the molecule is O=[C]CCCCC(CCl)[SH](=O)=O. The van der Waals surface area contributed by atoms with Gasteiger partial charge in [-0.15, -0.1) is 11.6 Å². The summed E-state index contributed by atoms with van der Waals surface area (Å²) in [6.07, 6.45) is 4.09. The fourth-order valence-corrected chi connectivity index (χ4v) is 1.81. The van der Waals surface area contributed by atoms with E-state index >= 15 is 0 Å². The first-order chi connectivity index (χ1) is 5.72. The third-order valence-corrected chi connectivity index (χ3v) is 3.17. The summed E-state index contributed by atoms with van der Waals surface area (Å²) in [6.45, 7) is 0. The van der Waals surface area contributed by atoms with E-state index in [0.29, 0.717) is 19.3 Å². The van der Waals surface area contributed by atoms with Gasteiger partial charge in [-0.2, -0.15) is 0 Å². The molecule has 12 heavy (non-hydrogen) atoms. The molecule has 0 aromatic carbocycles. The van der Waals surface area contributed by atoms with Gasteiger partial charge in [-0.1, -0.05) is 6.42 Å². The highest BCUT2D eigenvalue weighted by molar-refractivity contribution is 7.73. The average Bonchev–Trinajstić information content (AvgIpc) is 2.04. The summed E-state index contributed by atoms with van der Waals surface area (Å²) in [5, 5.41) is -0.437. The molecule has 0 saturated carbocycles. The maximum absolute atomic E-state index is 10.5.